The van der Waals surface area contributed by atoms with Gasteiger partial charge in [0.1, 0.15) is 0 Å². The SMILES string of the molecule is c1ccc(-c2nc(-c3ccc(-c4ccccc4)c(-n4c5ccccc5c5ccccc54)c3)nc(-c3ccc4c(c3)cc(-c3ccccc3)c3ccccc34)n2)cc1. The minimum Gasteiger partial charge on any atom is -0.309 e. The fourth-order valence-corrected chi connectivity index (χ4v) is 8.36. The summed E-state index contributed by atoms with van der Waals surface area (Å²) in [4.78, 5) is 15.6. The van der Waals surface area contributed by atoms with Crippen LogP contribution in [0.25, 0.3) is 105 Å². The molecule has 0 aliphatic rings. The summed E-state index contributed by atoms with van der Waals surface area (Å²) in [6.45, 7) is 0. The molecule has 2 aromatic heterocycles. The Bertz CT molecular complexity index is 3230. The highest BCUT2D eigenvalue weighted by molar-refractivity contribution is 6.14. The van der Waals surface area contributed by atoms with E-state index in [1.807, 2.05) is 18.2 Å². The standard InChI is InChI=1S/C53H34N4/c1-4-16-35(17-5-1)42-31-29-39(34-50(42)57-48-26-14-12-24-45(48)46-25-13-15-27-49(46)57)53-55-51(37-20-8-3-9-21-37)54-52(56-53)38-28-30-41-40(32-38)33-47(36-18-6-2-7-19-36)44-23-11-10-22-43(41)44/h1-34H. The molecule has 0 fully saturated rings. The number of nitrogens with zero attached hydrogens (tertiary/aromatic N) is 4. The molecule has 0 N–H and O–H groups in total. The zero-order valence-corrected chi connectivity index (χ0v) is 30.9. The average molecular weight is 727 g/mol. The van der Waals surface area contributed by atoms with E-state index in [0.717, 1.165) is 49.9 Å². The lowest BCUT2D eigenvalue weighted by atomic mass is 9.92. The molecule has 4 heteroatoms. The molecule has 11 aromatic rings. The van der Waals surface area contributed by atoms with Gasteiger partial charge in [0.15, 0.2) is 17.5 Å². The van der Waals surface area contributed by atoms with Crippen molar-refractivity contribution >= 4 is 43.4 Å². The van der Waals surface area contributed by atoms with Crippen LogP contribution in [0.2, 0.25) is 0 Å². The Hall–Kier alpha value is -7.69. The third-order valence-corrected chi connectivity index (χ3v) is 11.0. The first kappa shape index (κ1) is 32.7. The third-order valence-electron chi connectivity index (χ3n) is 11.0. The van der Waals surface area contributed by atoms with E-state index < -0.39 is 0 Å². The largest absolute Gasteiger partial charge is 0.309 e. The number of para-hydroxylation sites is 2. The van der Waals surface area contributed by atoms with Gasteiger partial charge in [0.2, 0.25) is 0 Å². The lowest BCUT2D eigenvalue weighted by Gasteiger charge is -2.16. The molecule has 0 bridgehead atoms. The minimum atomic E-state index is 0.615. The van der Waals surface area contributed by atoms with Crippen LogP contribution >= 0.6 is 0 Å². The maximum absolute atomic E-state index is 5.27. The van der Waals surface area contributed by atoms with Gasteiger partial charge >= 0.3 is 0 Å². The molecule has 11 rings (SSSR count). The van der Waals surface area contributed by atoms with Gasteiger partial charge in [-0.15, -0.1) is 0 Å². The highest BCUT2D eigenvalue weighted by Crippen LogP contribution is 2.40. The molecular formula is C53H34N4. The monoisotopic (exact) mass is 726 g/mol. The molecule has 2 heterocycles. The van der Waals surface area contributed by atoms with Gasteiger partial charge in [-0.2, -0.15) is 0 Å². The quantitative estimate of drug-likeness (QED) is 0.160. The summed E-state index contributed by atoms with van der Waals surface area (Å²) in [6, 6.07) is 72.8. The van der Waals surface area contributed by atoms with Crippen molar-refractivity contribution in [3.8, 4) is 62.1 Å². The summed E-state index contributed by atoms with van der Waals surface area (Å²) in [5.41, 5.74) is 10.8. The second-order valence-electron chi connectivity index (χ2n) is 14.4. The molecule has 57 heavy (non-hydrogen) atoms. The zero-order valence-electron chi connectivity index (χ0n) is 30.9. The van der Waals surface area contributed by atoms with Crippen LogP contribution in [-0.4, -0.2) is 19.5 Å². The van der Waals surface area contributed by atoms with Crippen molar-refractivity contribution in [2.24, 2.45) is 0 Å². The molecule has 0 saturated heterocycles. The molecule has 0 spiro atoms. The molecular weight excluding hydrogens is 693 g/mol. The average Bonchev–Trinajstić information content (AvgIpc) is 3.63. The summed E-state index contributed by atoms with van der Waals surface area (Å²) in [5.74, 6) is 1.87. The maximum Gasteiger partial charge on any atom is 0.164 e. The van der Waals surface area contributed by atoms with Crippen molar-refractivity contribution in [2.75, 3.05) is 0 Å². The lowest BCUT2D eigenvalue weighted by molar-refractivity contribution is 1.07. The number of hydrogen-bond acceptors (Lipinski definition) is 3. The second-order valence-corrected chi connectivity index (χ2v) is 14.4. The summed E-state index contributed by atoms with van der Waals surface area (Å²) in [7, 11) is 0. The maximum atomic E-state index is 5.27. The number of fused-ring (bicyclic) bond motifs is 6. The van der Waals surface area contributed by atoms with Crippen molar-refractivity contribution in [1.29, 1.82) is 0 Å². The van der Waals surface area contributed by atoms with E-state index in [9.17, 15) is 0 Å². The fourth-order valence-electron chi connectivity index (χ4n) is 8.36. The van der Waals surface area contributed by atoms with E-state index >= 15 is 0 Å². The van der Waals surface area contributed by atoms with E-state index in [1.165, 1.54) is 38.1 Å². The molecule has 9 aromatic carbocycles. The van der Waals surface area contributed by atoms with Crippen LogP contribution in [0.3, 0.4) is 0 Å². The minimum absolute atomic E-state index is 0.615. The first-order valence-corrected chi connectivity index (χ1v) is 19.3. The highest BCUT2D eigenvalue weighted by atomic mass is 15.0. The summed E-state index contributed by atoms with van der Waals surface area (Å²) < 4.78 is 2.38. The Labute approximate surface area is 330 Å². The molecule has 4 nitrogen and oxygen atoms in total. The highest BCUT2D eigenvalue weighted by Gasteiger charge is 2.19. The van der Waals surface area contributed by atoms with Gasteiger partial charge in [-0.05, 0) is 68.6 Å². The van der Waals surface area contributed by atoms with Crippen molar-refractivity contribution in [3.05, 3.63) is 206 Å². The third kappa shape index (κ3) is 5.66. The van der Waals surface area contributed by atoms with E-state index in [-0.39, 0.29) is 0 Å². The number of benzene rings is 9. The van der Waals surface area contributed by atoms with Crippen LogP contribution in [-0.2, 0) is 0 Å². The Kier molecular flexibility index (Phi) is 7.78. The normalized spacial score (nSPS) is 11.5. The van der Waals surface area contributed by atoms with Gasteiger partial charge in [0.25, 0.3) is 0 Å². The number of aromatic nitrogens is 4. The predicted molar refractivity (Wildman–Crippen MR) is 236 cm³/mol. The topological polar surface area (TPSA) is 43.6 Å². The van der Waals surface area contributed by atoms with Crippen molar-refractivity contribution < 1.29 is 0 Å². The fraction of sp³-hybridized carbons (Fsp3) is 0. The van der Waals surface area contributed by atoms with Crippen LogP contribution in [0.1, 0.15) is 0 Å². The van der Waals surface area contributed by atoms with Crippen LogP contribution < -0.4 is 0 Å². The molecule has 0 aliphatic carbocycles. The van der Waals surface area contributed by atoms with E-state index in [1.54, 1.807) is 0 Å². The van der Waals surface area contributed by atoms with Gasteiger partial charge in [0.05, 0.1) is 16.7 Å². The molecule has 0 radical (unpaired) electrons. The van der Waals surface area contributed by atoms with Crippen LogP contribution in [0.4, 0.5) is 0 Å². The predicted octanol–water partition coefficient (Wildman–Crippen LogP) is 13.6. The number of rotatable bonds is 6. The van der Waals surface area contributed by atoms with Gasteiger partial charge < -0.3 is 4.57 Å². The first-order chi connectivity index (χ1) is 28.3. The molecule has 0 unspecified atom stereocenters. The van der Waals surface area contributed by atoms with Gasteiger partial charge in [-0.25, -0.2) is 15.0 Å². The molecule has 0 amide bonds. The molecule has 0 atom stereocenters. The van der Waals surface area contributed by atoms with Crippen LogP contribution in [0.5, 0.6) is 0 Å². The Morgan fingerprint density at radius 1 is 0.281 bits per heavy atom. The van der Waals surface area contributed by atoms with Crippen molar-refractivity contribution in [1.82, 2.24) is 19.5 Å². The molecule has 0 saturated carbocycles. The molecule has 266 valence electrons. The smallest absolute Gasteiger partial charge is 0.164 e. The van der Waals surface area contributed by atoms with Crippen LogP contribution in [0.15, 0.2) is 206 Å². The Balaban J connectivity index is 1.14. The summed E-state index contributed by atoms with van der Waals surface area (Å²) >= 11 is 0. The van der Waals surface area contributed by atoms with Gasteiger partial charge in [0, 0.05) is 33.0 Å². The number of hydrogen-bond donors (Lipinski definition) is 0. The van der Waals surface area contributed by atoms with Crippen LogP contribution in [0, 0.1) is 0 Å². The van der Waals surface area contributed by atoms with E-state index in [0.29, 0.717) is 17.5 Å². The Morgan fingerprint density at radius 3 is 1.35 bits per heavy atom. The lowest BCUT2D eigenvalue weighted by Crippen LogP contribution is -2.02. The van der Waals surface area contributed by atoms with Gasteiger partial charge in [-0.3, -0.25) is 0 Å². The molecule has 0 aliphatic heterocycles. The van der Waals surface area contributed by atoms with E-state index in [4.69, 9.17) is 15.0 Å². The zero-order chi connectivity index (χ0) is 37.7. The van der Waals surface area contributed by atoms with Crippen molar-refractivity contribution in [3.63, 3.8) is 0 Å². The van der Waals surface area contributed by atoms with E-state index in [2.05, 4.69) is 193 Å². The summed E-state index contributed by atoms with van der Waals surface area (Å²) in [6.07, 6.45) is 0. The van der Waals surface area contributed by atoms with Gasteiger partial charge in [-0.1, -0.05) is 176 Å². The summed E-state index contributed by atoms with van der Waals surface area (Å²) in [5, 5.41) is 7.21. The second kappa shape index (κ2) is 13.6. The van der Waals surface area contributed by atoms with Crippen molar-refractivity contribution in [2.45, 2.75) is 0 Å². The Morgan fingerprint density at radius 2 is 0.737 bits per heavy atom. The first-order valence-electron chi connectivity index (χ1n) is 19.3.